The molecule has 1 unspecified atom stereocenters. The minimum Gasteiger partial charge on any atom is -0.507 e. The fraction of sp³-hybridized carbons (Fsp3) is 0.154. The number of nitro benzene ring substituents is 1. The second kappa shape index (κ2) is 9.06. The molecule has 1 fully saturated rings. The zero-order valence-corrected chi connectivity index (χ0v) is 19.0. The number of methoxy groups -OCH3 is 1. The quantitative estimate of drug-likeness (QED) is 0.188. The Hall–Kier alpha value is -4.86. The molecule has 1 N–H and O–H groups in total. The number of anilines is 1. The molecule has 2 aliphatic rings. The first kappa shape index (κ1) is 22.9. The predicted octanol–water partition coefficient (Wildman–Crippen LogP) is 4.00. The third-order valence-electron chi connectivity index (χ3n) is 6.01. The molecule has 3 aromatic carbocycles. The van der Waals surface area contributed by atoms with Crippen molar-refractivity contribution in [1.82, 2.24) is 0 Å². The Labute approximate surface area is 205 Å². The Morgan fingerprint density at radius 3 is 2.44 bits per heavy atom. The van der Waals surface area contributed by atoms with Gasteiger partial charge < -0.3 is 19.3 Å². The van der Waals surface area contributed by atoms with Gasteiger partial charge in [-0.05, 0) is 29.8 Å². The van der Waals surface area contributed by atoms with Crippen LogP contribution in [0.1, 0.15) is 17.2 Å². The number of carbonyl (C=O) groups excluding carboxylic acids is 2. The van der Waals surface area contributed by atoms with Gasteiger partial charge in [0.1, 0.15) is 24.7 Å². The number of Topliss-reactive ketones (excluding diaryl/α,β-unsaturated/α-hetero) is 1. The van der Waals surface area contributed by atoms with Crippen molar-refractivity contribution in [3.63, 3.8) is 0 Å². The summed E-state index contributed by atoms with van der Waals surface area (Å²) in [5.41, 5.74) is 0.474. The van der Waals surface area contributed by atoms with E-state index in [0.29, 0.717) is 41.7 Å². The maximum absolute atomic E-state index is 13.3. The van der Waals surface area contributed by atoms with Crippen molar-refractivity contribution in [2.45, 2.75) is 6.04 Å². The highest BCUT2D eigenvalue weighted by Gasteiger charge is 2.47. The normalized spacial score (nSPS) is 18.2. The van der Waals surface area contributed by atoms with Gasteiger partial charge in [0.2, 0.25) is 0 Å². The number of hydrogen-bond acceptors (Lipinski definition) is 8. The van der Waals surface area contributed by atoms with Gasteiger partial charge >= 0.3 is 0 Å². The van der Waals surface area contributed by atoms with Gasteiger partial charge in [0.05, 0.1) is 23.6 Å². The summed E-state index contributed by atoms with van der Waals surface area (Å²) in [6, 6.07) is 15.8. The topological polar surface area (TPSA) is 128 Å². The first-order valence-electron chi connectivity index (χ1n) is 11.0. The van der Waals surface area contributed by atoms with Crippen LogP contribution in [0.2, 0.25) is 0 Å². The van der Waals surface area contributed by atoms with Crippen LogP contribution in [0.5, 0.6) is 17.2 Å². The third-order valence-corrected chi connectivity index (χ3v) is 6.01. The second-order valence-corrected chi connectivity index (χ2v) is 8.08. The summed E-state index contributed by atoms with van der Waals surface area (Å²) in [7, 11) is 1.51. The number of hydrogen-bond donors (Lipinski definition) is 1. The van der Waals surface area contributed by atoms with E-state index in [0.717, 1.165) is 6.07 Å². The van der Waals surface area contributed by atoms with Gasteiger partial charge in [-0.25, -0.2) is 0 Å². The third kappa shape index (κ3) is 3.88. The number of ketones is 1. The molecule has 2 aliphatic heterocycles. The summed E-state index contributed by atoms with van der Waals surface area (Å²) < 4.78 is 16.4. The number of carbonyl (C=O) groups is 2. The molecule has 0 aliphatic carbocycles. The molecule has 2 heterocycles. The first-order chi connectivity index (χ1) is 17.4. The average molecular weight is 488 g/mol. The summed E-state index contributed by atoms with van der Waals surface area (Å²) in [4.78, 5) is 38.5. The molecule has 5 rings (SSSR count). The smallest absolute Gasteiger partial charge is 0.300 e. The summed E-state index contributed by atoms with van der Waals surface area (Å²) in [5.74, 6) is -0.798. The molecular formula is C26H20N2O8. The average Bonchev–Trinajstić information content (AvgIpc) is 3.18. The van der Waals surface area contributed by atoms with E-state index in [2.05, 4.69) is 0 Å². The van der Waals surface area contributed by atoms with Crippen molar-refractivity contribution < 1.29 is 33.8 Å². The zero-order chi connectivity index (χ0) is 25.4. The standard InChI is InChI=1S/C26H20N2O8/c1-34-19-8-5-15(6-9-19)23-22(24(29)16-3-2-4-18(13-16)28(32)33)25(30)26(31)27(23)17-7-10-20-21(14-17)36-12-11-35-20/h2-10,13-14,23,29H,11-12H2,1H3/b24-22+. The van der Waals surface area contributed by atoms with Crippen molar-refractivity contribution in [2.24, 2.45) is 0 Å². The van der Waals surface area contributed by atoms with E-state index in [4.69, 9.17) is 14.2 Å². The van der Waals surface area contributed by atoms with E-state index < -0.39 is 28.4 Å². The van der Waals surface area contributed by atoms with Crippen LogP contribution >= 0.6 is 0 Å². The van der Waals surface area contributed by atoms with Crippen LogP contribution in [-0.2, 0) is 9.59 Å². The SMILES string of the molecule is COc1ccc(C2/C(=C(\O)c3cccc([N+](=O)[O-])c3)C(=O)C(=O)N2c2ccc3c(c2)OCCO3)cc1. The molecule has 3 aromatic rings. The summed E-state index contributed by atoms with van der Waals surface area (Å²) in [5, 5.41) is 22.5. The summed E-state index contributed by atoms with van der Waals surface area (Å²) in [6.45, 7) is 0.732. The summed E-state index contributed by atoms with van der Waals surface area (Å²) >= 11 is 0. The number of ether oxygens (including phenoxy) is 3. The molecule has 10 heteroatoms. The number of aliphatic hydroxyl groups is 1. The van der Waals surface area contributed by atoms with Crippen LogP contribution in [0.3, 0.4) is 0 Å². The zero-order valence-electron chi connectivity index (χ0n) is 19.0. The van der Waals surface area contributed by atoms with E-state index in [1.165, 1.54) is 30.2 Å². The lowest BCUT2D eigenvalue weighted by atomic mass is 9.95. The van der Waals surface area contributed by atoms with E-state index in [1.54, 1.807) is 42.5 Å². The van der Waals surface area contributed by atoms with Crippen molar-refractivity contribution in [3.8, 4) is 17.2 Å². The van der Waals surface area contributed by atoms with Gasteiger partial charge in [-0.15, -0.1) is 0 Å². The van der Waals surface area contributed by atoms with Crippen LogP contribution in [0, 0.1) is 10.1 Å². The van der Waals surface area contributed by atoms with Crippen LogP contribution < -0.4 is 19.1 Å². The molecule has 182 valence electrons. The van der Waals surface area contributed by atoms with E-state index in [9.17, 15) is 24.8 Å². The lowest BCUT2D eigenvalue weighted by Gasteiger charge is -2.27. The first-order valence-corrected chi connectivity index (χ1v) is 11.0. The largest absolute Gasteiger partial charge is 0.507 e. The van der Waals surface area contributed by atoms with Crippen molar-refractivity contribution in [3.05, 3.63) is 93.5 Å². The molecule has 1 amide bonds. The van der Waals surface area contributed by atoms with E-state index >= 15 is 0 Å². The molecule has 1 atom stereocenters. The lowest BCUT2D eigenvalue weighted by molar-refractivity contribution is -0.384. The highest BCUT2D eigenvalue weighted by atomic mass is 16.6. The number of rotatable bonds is 5. The highest BCUT2D eigenvalue weighted by molar-refractivity contribution is 6.51. The van der Waals surface area contributed by atoms with Crippen LogP contribution in [0.4, 0.5) is 11.4 Å². The van der Waals surface area contributed by atoms with E-state index in [1.807, 2.05) is 0 Å². The molecule has 0 radical (unpaired) electrons. The molecule has 36 heavy (non-hydrogen) atoms. The van der Waals surface area contributed by atoms with Gasteiger partial charge in [0.15, 0.2) is 11.5 Å². The number of fused-ring (bicyclic) bond motifs is 1. The molecule has 0 bridgehead atoms. The lowest BCUT2D eigenvalue weighted by Crippen LogP contribution is -2.29. The fourth-order valence-corrected chi connectivity index (χ4v) is 4.30. The molecular weight excluding hydrogens is 468 g/mol. The maximum Gasteiger partial charge on any atom is 0.300 e. The second-order valence-electron chi connectivity index (χ2n) is 8.08. The molecule has 0 aromatic heterocycles. The van der Waals surface area contributed by atoms with Crippen molar-refractivity contribution in [2.75, 3.05) is 25.2 Å². The Balaban J connectivity index is 1.69. The Morgan fingerprint density at radius 1 is 1.03 bits per heavy atom. The van der Waals surface area contributed by atoms with E-state index in [-0.39, 0.29) is 16.8 Å². The Morgan fingerprint density at radius 2 is 1.75 bits per heavy atom. The Kier molecular flexibility index (Phi) is 5.77. The number of amides is 1. The number of nitrogens with zero attached hydrogens (tertiary/aromatic N) is 2. The van der Waals surface area contributed by atoms with Gasteiger partial charge in [-0.2, -0.15) is 0 Å². The van der Waals surface area contributed by atoms with Gasteiger partial charge in [-0.3, -0.25) is 24.6 Å². The van der Waals surface area contributed by atoms with Crippen molar-refractivity contribution in [1.29, 1.82) is 0 Å². The van der Waals surface area contributed by atoms with Crippen LogP contribution in [-0.4, -0.2) is 42.0 Å². The highest BCUT2D eigenvalue weighted by Crippen LogP contribution is 2.44. The minimum atomic E-state index is -1.02. The van der Waals surface area contributed by atoms with Crippen LogP contribution in [0.15, 0.2) is 72.3 Å². The number of benzene rings is 3. The molecule has 0 spiro atoms. The molecule has 1 saturated heterocycles. The van der Waals surface area contributed by atoms with Gasteiger partial charge in [0, 0.05) is 29.4 Å². The van der Waals surface area contributed by atoms with Gasteiger partial charge in [-0.1, -0.05) is 24.3 Å². The maximum atomic E-state index is 13.3. The number of nitro groups is 1. The monoisotopic (exact) mass is 488 g/mol. The molecule has 0 saturated carbocycles. The number of non-ortho nitro benzene ring substituents is 1. The minimum absolute atomic E-state index is 0.0443. The predicted molar refractivity (Wildman–Crippen MR) is 128 cm³/mol. The summed E-state index contributed by atoms with van der Waals surface area (Å²) in [6.07, 6.45) is 0. The van der Waals surface area contributed by atoms with Crippen molar-refractivity contribution >= 4 is 28.8 Å². The van der Waals surface area contributed by atoms with Crippen LogP contribution in [0.25, 0.3) is 5.76 Å². The molecule has 10 nitrogen and oxygen atoms in total. The number of aliphatic hydroxyl groups excluding tert-OH is 1. The fourth-order valence-electron chi connectivity index (χ4n) is 4.30. The van der Waals surface area contributed by atoms with Gasteiger partial charge in [0.25, 0.3) is 17.4 Å². The Bertz CT molecular complexity index is 1410.